The second-order valence-corrected chi connectivity index (χ2v) is 6.49. The standard InChI is InChI=1S/C20H16F3N5O/c21-13-3-1-12(2-4-13)19-15(16-7-14(22)8-17(23)20(16)27-19)5-6-25-18(29)9-28-11-24-10-26-28/h1-4,7-8,10-11,27H,5-6,9H2,(H,25,29). The number of aromatic nitrogens is 4. The molecule has 0 atom stereocenters. The SMILES string of the molecule is O=C(Cn1cncn1)NCCc1c(-c2ccc(F)cc2)[nH]c2c(F)cc(F)cc12. The molecular formula is C20H16F3N5O. The van der Waals surface area contributed by atoms with Crippen LogP contribution in [-0.4, -0.2) is 32.2 Å². The van der Waals surface area contributed by atoms with Crippen molar-refractivity contribution in [3.05, 3.63) is 72.1 Å². The average Bonchev–Trinajstić information content (AvgIpc) is 3.31. The van der Waals surface area contributed by atoms with Crippen LogP contribution in [0, 0.1) is 17.5 Å². The molecule has 6 nitrogen and oxygen atoms in total. The van der Waals surface area contributed by atoms with Gasteiger partial charge < -0.3 is 10.3 Å². The van der Waals surface area contributed by atoms with Crippen molar-refractivity contribution in [1.29, 1.82) is 0 Å². The van der Waals surface area contributed by atoms with Gasteiger partial charge in [0.1, 0.15) is 36.7 Å². The first-order chi connectivity index (χ1) is 14.0. The van der Waals surface area contributed by atoms with Crippen LogP contribution in [0.4, 0.5) is 13.2 Å². The molecule has 2 N–H and O–H groups in total. The molecular weight excluding hydrogens is 383 g/mol. The minimum atomic E-state index is -0.718. The first-order valence-electron chi connectivity index (χ1n) is 8.86. The van der Waals surface area contributed by atoms with Crippen LogP contribution in [0.3, 0.4) is 0 Å². The molecule has 9 heteroatoms. The van der Waals surface area contributed by atoms with Crippen LogP contribution in [0.2, 0.25) is 0 Å². The zero-order chi connectivity index (χ0) is 20.4. The van der Waals surface area contributed by atoms with E-state index >= 15 is 0 Å². The highest BCUT2D eigenvalue weighted by molar-refractivity contribution is 5.91. The Kier molecular flexibility index (Phi) is 5.03. The summed E-state index contributed by atoms with van der Waals surface area (Å²) in [6.07, 6.45) is 3.08. The number of benzene rings is 2. The lowest BCUT2D eigenvalue weighted by Gasteiger charge is -2.08. The predicted octanol–water partition coefficient (Wildman–Crippen LogP) is 3.20. The van der Waals surface area contributed by atoms with E-state index in [1.165, 1.54) is 35.5 Å². The number of H-pyrrole nitrogens is 1. The highest BCUT2D eigenvalue weighted by atomic mass is 19.1. The summed E-state index contributed by atoms with van der Waals surface area (Å²) < 4.78 is 42.8. The number of hydrogen-bond acceptors (Lipinski definition) is 3. The number of hydrogen-bond donors (Lipinski definition) is 2. The Labute approximate surface area is 163 Å². The van der Waals surface area contributed by atoms with Crippen molar-refractivity contribution in [2.24, 2.45) is 0 Å². The van der Waals surface area contributed by atoms with Gasteiger partial charge >= 0.3 is 0 Å². The first-order valence-corrected chi connectivity index (χ1v) is 8.86. The molecule has 29 heavy (non-hydrogen) atoms. The fraction of sp³-hybridized carbons (Fsp3) is 0.150. The van der Waals surface area contributed by atoms with Gasteiger partial charge in [-0.3, -0.25) is 4.79 Å². The highest BCUT2D eigenvalue weighted by Crippen LogP contribution is 2.32. The van der Waals surface area contributed by atoms with Gasteiger partial charge in [0.05, 0.1) is 5.52 Å². The minimum Gasteiger partial charge on any atom is -0.354 e. The van der Waals surface area contributed by atoms with E-state index in [0.29, 0.717) is 28.6 Å². The van der Waals surface area contributed by atoms with E-state index in [0.717, 1.165) is 6.07 Å². The number of halogens is 3. The van der Waals surface area contributed by atoms with Crippen LogP contribution < -0.4 is 5.32 Å². The summed E-state index contributed by atoms with van der Waals surface area (Å²) in [4.78, 5) is 18.8. The third kappa shape index (κ3) is 3.98. The van der Waals surface area contributed by atoms with Gasteiger partial charge in [0.2, 0.25) is 5.91 Å². The molecule has 0 aliphatic carbocycles. The van der Waals surface area contributed by atoms with Gasteiger partial charge in [-0.15, -0.1) is 0 Å². The number of carbonyl (C=O) groups is 1. The van der Waals surface area contributed by atoms with Gasteiger partial charge in [-0.1, -0.05) is 0 Å². The molecule has 0 saturated heterocycles. The number of fused-ring (bicyclic) bond motifs is 1. The maximum Gasteiger partial charge on any atom is 0.241 e. The van der Waals surface area contributed by atoms with E-state index in [1.807, 2.05) is 0 Å². The molecule has 0 aliphatic heterocycles. The van der Waals surface area contributed by atoms with Crippen molar-refractivity contribution in [3.8, 4) is 11.3 Å². The Morgan fingerprint density at radius 1 is 1.10 bits per heavy atom. The van der Waals surface area contributed by atoms with Crippen LogP contribution in [0.15, 0.2) is 49.1 Å². The second-order valence-electron chi connectivity index (χ2n) is 6.49. The zero-order valence-electron chi connectivity index (χ0n) is 15.1. The lowest BCUT2D eigenvalue weighted by Crippen LogP contribution is -2.29. The van der Waals surface area contributed by atoms with E-state index < -0.39 is 17.5 Å². The van der Waals surface area contributed by atoms with Gasteiger partial charge in [0.15, 0.2) is 0 Å². The molecule has 2 aromatic heterocycles. The number of nitrogens with zero attached hydrogens (tertiary/aromatic N) is 3. The Bertz CT molecular complexity index is 1150. The smallest absolute Gasteiger partial charge is 0.241 e. The largest absolute Gasteiger partial charge is 0.354 e. The zero-order valence-corrected chi connectivity index (χ0v) is 15.1. The lowest BCUT2D eigenvalue weighted by atomic mass is 10.0. The lowest BCUT2D eigenvalue weighted by molar-refractivity contribution is -0.121. The number of rotatable bonds is 6. The summed E-state index contributed by atoms with van der Waals surface area (Å²) in [5.74, 6) is -2.08. The quantitative estimate of drug-likeness (QED) is 0.523. The molecule has 0 aliphatic rings. The summed E-state index contributed by atoms with van der Waals surface area (Å²) in [5, 5.41) is 6.99. The average molecular weight is 399 g/mol. The maximum atomic E-state index is 14.3. The Morgan fingerprint density at radius 2 is 1.90 bits per heavy atom. The van der Waals surface area contributed by atoms with Crippen molar-refractivity contribution in [2.45, 2.75) is 13.0 Å². The number of carbonyl (C=O) groups excluding carboxylic acids is 1. The molecule has 2 aromatic carbocycles. The monoisotopic (exact) mass is 399 g/mol. The fourth-order valence-electron chi connectivity index (χ4n) is 3.24. The Balaban J connectivity index is 1.61. The van der Waals surface area contributed by atoms with E-state index in [2.05, 4.69) is 20.4 Å². The van der Waals surface area contributed by atoms with Crippen LogP contribution in [-0.2, 0) is 17.8 Å². The molecule has 0 spiro atoms. The molecule has 0 unspecified atom stereocenters. The van der Waals surface area contributed by atoms with Crippen LogP contribution in [0.25, 0.3) is 22.2 Å². The van der Waals surface area contributed by atoms with Gasteiger partial charge in [0, 0.05) is 23.7 Å². The molecule has 0 saturated carbocycles. The summed E-state index contributed by atoms with van der Waals surface area (Å²) in [7, 11) is 0. The van der Waals surface area contributed by atoms with Crippen molar-refractivity contribution in [3.63, 3.8) is 0 Å². The molecule has 148 valence electrons. The van der Waals surface area contributed by atoms with Crippen LogP contribution in [0.1, 0.15) is 5.56 Å². The summed E-state index contributed by atoms with van der Waals surface area (Å²) in [6, 6.07) is 7.75. The van der Waals surface area contributed by atoms with Gasteiger partial charge in [-0.25, -0.2) is 22.8 Å². The normalized spacial score (nSPS) is 11.1. The summed E-state index contributed by atoms with van der Waals surface area (Å²) >= 11 is 0. The second kappa shape index (κ2) is 7.78. The number of aromatic amines is 1. The van der Waals surface area contributed by atoms with Gasteiger partial charge in [-0.05, 0) is 47.9 Å². The predicted molar refractivity (Wildman–Crippen MR) is 100 cm³/mol. The number of nitrogens with one attached hydrogen (secondary N) is 2. The van der Waals surface area contributed by atoms with E-state index in [9.17, 15) is 18.0 Å². The van der Waals surface area contributed by atoms with E-state index in [-0.39, 0.29) is 24.5 Å². The number of amides is 1. The van der Waals surface area contributed by atoms with Crippen molar-refractivity contribution >= 4 is 16.8 Å². The maximum absolute atomic E-state index is 14.3. The summed E-state index contributed by atoms with van der Waals surface area (Å²) in [5.41, 5.74) is 1.97. The first kappa shape index (κ1) is 18.7. The van der Waals surface area contributed by atoms with Crippen LogP contribution in [0.5, 0.6) is 0 Å². The van der Waals surface area contributed by atoms with E-state index in [4.69, 9.17) is 0 Å². The molecule has 1 amide bonds. The fourth-order valence-corrected chi connectivity index (χ4v) is 3.24. The van der Waals surface area contributed by atoms with Crippen molar-refractivity contribution in [2.75, 3.05) is 6.54 Å². The van der Waals surface area contributed by atoms with Gasteiger partial charge in [0.25, 0.3) is 0 Å². The third-order valence-corrected chi connectivity index (χ3v) is 4.53. The van der Waals surface area contributed by atoms with Crippen molar-refractivity contribution < 1.29 is 18.0 Å². The van der Waals surface area contributed by atoms with Crippen molar-refractivity contribution in [1.82, 2.24) is 25.1 Å². The molecule has 0 radical (unpaired) electrons. The molecule has 0 fully saturated rings. The Hall–Kier alpha value is -3.62. The Morgan fingerprint density at radius 3 is 2.62 bits per heavy atom. The summed E-state index contributed by atoms with van der Waals surface area (Å²) in [6.45, 7) is 0.259. The van der Waals surface area contributed by atoms with E-state index in [1.54, 1.807) is 12.1 Å². The minimum absolute atomic E-state index is 0.0158. The van der Waals surface area contributed by atoms with Gasteiger partial charge in [-0.2, -0.15) is 5.10 Å². The molecule has 4 aromatic rings. The highest BCUT2D eigenvalue weighted by Gasteiger charge is 2.17. The third-order valence-electron chi connectivity index (χ3n) is 4.53. The topological polar surface area (TPSA) is 75.6 Å². The molecule has 2 heterocycles. The van der Waals surface area contributed by atoms with Crippen LogP contribution >= 0.6 is 0 Å². The molecule has 4 rings (SSSR count). The molecule has 0 bridgehead atoms.